The first-order valence-electron chi connectivity index (χ1n) is 12.2. The number of aliphatic hydroxyl groups excluding tert-OH is 5. The van der Waals surface area contributed by atoms with Crippen LogP contribution < -0.4 is 39.3 Å². The van der Waals surface area contributed by atoms with Crippen LogP contribution in [0.1, 0.15) is 12.8 Å². The van der Waals surface area contributed by atoms with Gasteiger partial charge in [0, 0.05) is 6.54 Å². The average Bonchev–Trinajstić information content (AvgIpc) is 2.84. The average molecular weight is 554 g/mol. The van der Waals surface area contributed by atoms with Crippen molar-refractivity contribution in [2.24, 2.45) is 28.7 Å². The zero-order chi connectivity index (χ0) is 28.3. The van der Waals surface area contributed by atoms with E-state index in [2.05, 4.69) is 10.6 Å². The molecule has 3 aliphatic rings. The van der Waals surface area contributed by atoms with E-state index in [0.29, 0.717) is 0 Å². The Kier molecular flexibility index (Phi) is 10.4. The summed E-state index contributed by atoms with van der Waals surface area (Å²) in [5, 5.41) is 56.5. The van der Waals surface area contributed by atoms with E-state index < -0.39 is 104 Å². The fourth-order valence-electron chi connectivity index (χ4n) is 4.99. The maximum Gasteiger partial charge on any atom is 0.312 e. The highest BCUT2D eigenvalue weighted by Gasteiger charge is 2.52. The highest BCUT2D eigenvalue weighted by Crippen LogP contribution is 2.32. The van der Waals surface area contributed by atoms with E-state index in [4.69, 9.17) is 47.6 Å². The Hall–Kier alpha value is -1.94. The van der Waals surface area contributed by atoms with Crippen molar-refractivity contribution >= 4 is 12.1 Å². The first kappa shape index (κ1) is 30.6. The number of carbonyl (C=O) groups is 2. The number of carbonyl (C=O) groups excluding carboxylic acids is 2. The largest absolute Gasteiger partial charge is 0.394 e. The summed E-state index contributed by atoms with van der Waals surface area (Å²) in [6, 6.07) is -6.18. The van der Waals surface area contributed by atoms with Crippen LogP contribution in [0.3, 0.4) is 0 Å². The van der Waals surface area contributed by atoms with Crippen LogP contribution in [0.2, 0.25) is 0 Å². The molecule has 0 spiro atoms. The molecule has 0 radical (unpaired) electrons. The second kappa shape index (κ2) is 12.9. The third-order valence-electron chi connectivity index (χ3n) is 6.98. The molecule has 38 heavy (non-hydrogen) atoms. The topological polar surface area (TPSA) is 326 Å². The van der Waals surface area contributed by atoms with Crippen molar-refractivity contribution in [3.05, 3.63) is 0 Å². The number of nitrogens with one attached hydrogen (secondary N) is 2. The van der Waals surface area contributed by atoms with Crippen LogP contribution in [0.25, 0.3) is 0 Å². The smallest absolute Gasteiger partial charge is 0.312 e. The van der Waals surface area contributed by atoms with Crippen LogP contribution in [0, 0.1) is 0 Å². The van der Waals surface area contributed by atoms with Gasteiger partial charge in [-0.3, -0.25) is 0 Å². The van der Waals surface area contributed by atoms with Gasteiger partial charge in [-0.05, 0) is 12.8 Å². The molecule has 14 unspecified atom stereocenters. The van der Waals surface area contributed by atoms with Crippen molar-refractivity contribution in [1.82, 2.24) is 10.6 Å². The molecule has 0 aromatic carbocycles. The van der Waals surface area contributed by atoms with Crippen molar-refractivity contribution in [2.75, 3.05) is 13.2 Å². The number of primary amides is 2. The van der Waals surface area contributed by atoms with Crippen molar-refractivity contribution in [2.45, 2.75) is 98.4 Å². The monoisotopic (exact) mass is 553 g/mol. The highest BCUT2D eigenvalue weighted by molar-refractivity contribution is 5.73. The molecule has 0 aromatic rings. The minimum Gasteiger partial charge on any atom is -0.394 e. The van der Waals surface area contributed by atoms with E-state index in [-0.39, 0.29) is 19.4 Å². The number of urea groups is 2. The van der Waals surface area contributed by atoms with Gasteiger partial charge in [-0.25, -0.2) is 9.59 Å². The van der Waals surface area contributed by atoms with Crippen LogP contribution in [-0.2, 0) is 18.9 Å². The summed E-state index contributed by atoms with van der Waals surface area (Å²) >= 11 is 0. The summed E-state index contributed by atoms with van der Waals surface area (Å²) in [6.07, 6.45) is -13.2. The predicted molar refractivity (Wildman–Crippen MR) is 125 cm³/mol. The molecule has 2 aliphatic heterocycles. The van der Waals surface area contributed by atoms with E-state index in [1.54, 1.807) is 0 Å². The van der Waals surface area contributed by atoms with Gasteiger partial charge in [-0.15, -0.1) is 0 Å². The number of hydrogen-bond donors (Lipinski definition) is 12. The maximum atomic E-state index is 11.7. The van der Waals surface area contributed by atoms with Gasteiger partial charge >= 0.3 is 12.1 Å². The molecule has 3 rings (SSSR count). The lowest BCUT2D eigenvalue weighted by Gasteiger charge is -2.49. The molecular formula is C20H39N7O11. The van der Waals surface area contributed by atoms with Crippen molar-refractivity contribution in [3.63, 3.8) is 0 Å². The van der Waals surface area contributed by atoms with E-state index in [1.807, 2.05) is 0 Å². The summed E-state index contributed by atoms with van der Waals surface area (Å²) < 4.78 is 22.9. The Balaban J connectivity index is 1.88. The normalized spacial score (nSPS) is 45.8. The molecule has 14 atom stereocenters. The summed E-state index contributed by atoms with van der Waals surface area (Å²) in [5.41, 5.74) is 28.2. The second-order valence-corrected chi connectivity index (χ2v) is 9.69. The summed E-state index contributed by atoms with van der Waals surface area (Å²) in [5.74, 6) is 0. The van der Waals surface area contributed by atoms with E-state index in [1.165, 1.54) is 0 Å². The van der Waals surface area contributed by atoms with Crippen LogP contribution in [-0.4, -0.2) is 136 Å². The molecule has 3 fully saturated rings. The third-order valence-corrected chi connectivity index (χ3v) is 6.98. The molecule has 2 heterocycles. The number of aliphatic hydroxyl groups is 5. The van der Waals surface area contributed by atoms with Crippen molar-refractivity contribution in [1.29, 1.82) is 0 Å². The number of amides is 4. The lowest BCUT2D eigenvalue weighted by Crippen LogP contribution is -2.70. The van der Waals surface area contributed by atoms with E-state index in [0.717, 1.165) is 0 Å². The van der Waals surface area contributed by atoms with Crippen molar-refractivity contribution in [3.8, 4) is 0 Å². The molecule has 18 heteroatoms. The van der Waals surface area contributed by atoms with Gasteiger partial charge in [0.25, 0.3) is 0 Å². The molecule has 4 amide bonds. The van der Waals surface area contributed by atoms with Crippen LogP contribution >= 0.6 is 0 Å². The van der Waals surface area contributed by atoms with Crippen LogP contribution in [0.15, 0.2) is 0 Å². The van der Waals surface area contributed by atoms with Gasteiger partial charge in [0.15, 0.2) is 12.6 Å². The number of hydrogen-bond acceptors (Lipinski definition) is 14. The molecule has 1 saturated carbocycles. The molecule has 0 aromatic heterocycles. The maximum absolute atomic E-state index is 11.7. The Morgan fingerprint density at radius 3 is 1.84 bits per heavy atom. The van der Waals surface area contributed by atoms with Crippen molar-refractivity contribution < 1.29 is 54.1 Å². The molecule has 2 saturated heterocycles. The lowest BCUT2D eigenvalue weighted by atomic mass is 9.83. The standard InChI is InChI=1S/C20H39N7O11/c21-3-9-8(29)1-5(22)17(35-9)37-15-6(26-19(24)33)2-7(27-20(25)34)16(14(15)32)38-18-13(31)11(23)12(30)10(4-28)36-18/h5-18,28-32H,1-4,21-23H2,(H3,24,26,33)(H3,25,27,34). The minimum absolute atomic E-state index is 0.0463. The quantitative estimate of drug-likeness (QED) is 0.133. The molecule has 18 nitrogen and oxygen atoms in total. The highest BCUT2D eigenvalue weighted by atomic mass is 16.7. The van der Waals surface area contributed by atoms with Gasteiger partial charge in [0.05, 0.1) is 43.0 Å². The second-order valence-electron chi connectivity index (χ2n) is 9.69. The van der Waals surface area contributed by atoms with E-state index >= 15 is 0 Å². The molecule has 220 valence electrons. The zero-order valence-electron chi connectivity index (χ0n) is 20.5. The fourth-order valence-corrected chi connectivity index (χ4v) is 4.99. The zero-order valence-corrected chi connectivity index (χ0v) is 20.5. The number of nitrogens with two attached hydrogens (primary N) is 5. The number of ether oxygens (including phenoxy) is 4. The lowest BCUT2D eigenvalue weighted by molar-refractivity contribution is -0.316. The number of rotatable bonds is 8. The Morgan fingerprint density at radius 1 is 0.816 bits per heavy atom. The van der Waals surface area contributed by atoms with Crippen LogP contribution in [0.5, 0.6) is 0 Å². The first-order chi connectivity index (χ1) is 17.9. The predicted octanol–water partition coefficient (Wildman–Crippen LogP) is -6.88. The molecule has 17 N–H and O–H groups in total. The summed E-state index contributed by atoms with van der Waals surface area (Å²) in [7, 11) is 0. The Morgan fingerprint density at radius 2 is 1.34 bits per heavy atom. The minimum atomic E-state index is -1.66. The van der Waals surface area contributed by atoms with Gasteiger partial charge in [0.1, 0.15) is 36.6 Å². The van der Waals surface area contributed by atoms with E-state index in [9.17, 15) is 35.1 Å². The first-order valence-corrected chi connectivity index (χ1v) is 12.2. The summed E-state index contributed by atoms with van der Waals surface area (Å²) in [6.45, 7) is -0.700. The molecule has 0 bridgehead atoms. The van der Waals surface area contributed by atoms with Gasteiger partial charge in [0.2, 0.25) is 0 Å². The molecule has 1 aliphatic carbocycles. The van der Waals surface area contributed by atoms with Gasteiger partial charge in [-0.2, -0.15) is 0 Å². The van der Waals surface area contributed by atoms with Gasteiger partial charge in [-0.1, -0.05) is 0 Å². The Bertz CT molecular complexity index is 813. The van der Waals surface area contributed by atoms with Crippen LogP contribution in [0.4, 0.5) is 9.59 Å². The molecular weight excluding hydrogens is 514 g/mol. The summed E-state index contributed by atoms with van der Waals surface area (Å²) in [4.78, 5) is 23.5. The van der Waals surface area contributed by atoms with Gasteiger partial charge < -0.3 is 83.8 Å². The fraction of sp³-hybridized carbons (Fsp3) is 0.900. The SMILES string of the molecule is NCC1OC(OC2C(NC(N)=O)CC(NC(N)=O)C(OC3OC(CO)C(O)C(N)C3O)C2O)C(N)CC1O. The Labute approximate surface area is 217 Å². The third kappa shape index (κ3) is 6.79.